The molecule has 8 aliphatic rings. The molecule has 0 radical (unpaired) electrons. The highest BCUT2D eigenvalue weighted by molar-refractivity contribution is 7.08. The van der Waals surface area contributed by atoms with E-state index in [0.29, 0.717) is 0 Å². The topological polar surface area (TPSA) is 137 Å². The van der Waals surface area contributed by atoms with E-state index >= 15 is 0 Å². The van der Waals surface area contributed by atoms with E-state index in [9.17, 15) is 0 Å². The lowest BCUT2D eigenvalue weighted by Gasteiger charge is -2.35. The van der Waals surface area contributed by atoms with Crippen LogP contribution < -0.4 is 16.0 Å². The van der Waals surface area contributed by atoms with E-state index in [1.54, 1.807) is 46.5 Å². The summed E-state index contributed by atoms with van der Waals surface area (Å²) in [4.78, 5) is 35.1. The summed E-state index contributed by atoms with van der Waals surface area (Å²) in [6.07, 6.45) is 28.8. The first-order valence-corrected chi connectivity index (χ1v) is 30.9. The first kappa shape index (κ1) is 52.9. The molecule has 8 heterocycles. The number of rotatable bonds is 4. The minimum Gasteiger partial charge on any atom is -0.366 e. The standard InChI is InChI=1S/2C17H18N4.C17H18N2S.C17H17NS/c2*1-12-20-10-17(21-12)6-5-16-13(7-17)3-2-4-15(16)14-8-18-11-19-9-14;1-12-18-11-17(19-12)7-5-16-13(9-17)3-2-4-15(16)14-6-8-20-10-14;1-3-13-11-17(7-2-9-18-17)8-5-16(13)15(4-1)14-6-10-19-12-14/h2*2-4,8-9,11H,5-7,10H2,1H3,(H,20,21);2-4,6,8,10H,5,7,9,11H2,1H3,(H,18,19);1,3-4,6,9-10,12H,2,5,7-8,11H2/t4*17-/m1000/s1. The van der Waals surface area contributed by atoms with Gasteiger partial charge in [0.1, 0.15) is 12.7 Å². The van der Waals surface area contributed by atoms with Crippen LogP contribution in [-0.4, -0.2) is 85.4 Å². The molecule has 4 aromatic carbocycles. The molecule has 4 aliphatic heterocycles. The average molecular weight is 1110 g/mol. The fraction of sp³-hybridized carbons (Fsp3) is 0.353. The van der Waals surface area contributed by atoms with E-state index in [2.05, 4.69) is 184 Å². The van der Waals surface area contributed by atoms with Gasteiger partial charge in [0.25, 0.3) is 0 Å². The normalized spacial score (nSPS) is 24.1. The van der Waals surface area contributed by atoms with Crippen LogP contribution in [0.3, 0.4) is 0 Å². The van der Waals surface area contributed by atoms with Gasteiger partial charge in [-0.25, -0.2) is 19.9 Å². The number of thiophene rings is 2. The summed E-state index contributed by atoms with van der Waals surface area (Å²) >= 11 is 3.55. The SMILES string of the molecule is C1=N[C@@]2(CC1)CCc1c(cccc1-c1ccsc1)C2.CC1=NC[C@@]2(CCc3c(cccc3-c3ccsc3)C2)N1.CC1=NC[C@@]2(CCc3c(cccc3-c3cncnc3)C2)N1.CC1=NC[C@]2(CCc3c(cccc3-c3cncnc3)C2)N1. The van der Waals surface area contributed by atoms with Gasteiger partial charge in [0.2, 0.25) is 0 Å². The number of hydrogen-bond donors (Lipinski definition) is 3. The number of nitrogens with zero attached hydrogens (tertiary/aromatic N) is 8. The maximum Gasteiger partial charge on any atom is 0.115 e. The van der Waals surface area contributed by atoms with E-state index in [1.807, 2.05) is 24.8 Å². The molecule has 0 fully saturated rings. The van der Waals surface area contributed by atoms with Gasteiger partial charge in [0.05, 0.1) is 59.3 Å². The molecule has 0 saturated carbocycles. The largest absolute Gasteiger partial charge is 0.366 e. The van der Waals surface area contributed by atoms with Gasteiger partial charge in [0, 0.05) is 35.9 Å². The number of nitrogens with one attached hydrogen (secondary N) is 3. The monoisotopic (exact) mass is 1110 g/mol. The van der Waals surface area contributed by atoms with Crippen LogP contribution >= 0.6 is 22.7 Å². The third-order valence-electron chi connectivity index (χ3n) is 18.3. The Kier molecular flexibility index (Phi) is 14.7. The summed E-state index contributed by atoms with van der Waals surface area (Å²) in [6.45, 7) is 8.92. The molecular formula is C68H71N11S2. The highest BCUT2D eigenvalue weighted by atomic mass is 32.1. The Labute approximate surface area is 484 Å². The van der Waals surface area contributed by atoms with Crippen molar-refractivity contribution in [2.45, 2.75) is 133 Å². The van der Waals surface area contributed by atoms with Crippen LogP contribution in [0.15, 0.2) is 164 Å². The minimum atomic E-state index is 0.142. The Morgan fingerprint density at radius 3 is 1.11 bits per heavy atom. The summed E-state index contributed by atoms with van der Waals surface area (Å²) in [5.41, 5.74) is 23.0. The van der Waals surface area contributed by atoms with Crippen molar-refractivity contribution in [3.8, 4) is 44.5 Å². The van der Waals surface area contributed by atoms with Gasteiger partial charge in [-0.3, -0.25) is 20.0 Å². The Balaban J connectivity index is 0.000000102. The average Bonchev–Trinajstić information content (AvgIpc) is 4.53. The molecular weight excluding hydrogens is 1030 g/mol. The lowest BCUT2D eigenvalue weighted by atomic mass is 9.75. The molecule has 11 nitrogen and oxygen atoms in total. The van der Waals surface area contributed by atoms with Gasteiger partial charge < -0.3 is 16.0 Å². The van der Waals surface area contributed by atoms with Crippen LogP contribution in [0.25, 0.3) is 44.5 Å². The van der Waals surface area contributed by atoms with Crippen LogP contribution in [0, 0.1) is 0 Å². The molecule has 0 saturated heterocycles. The zero-order valence-corrected chi connectivity index (χ0v) is 48.5. The van der Waals surface area contributed by atoms with E-state index in [1.165, 1.54) is 98.9 Å². The third kappa shape index (κ3) is 11.1. The smallest absolute Gasteiger partial charge is 0.115 e. The predicted molar refractivity (Wildman–Crippen MR) is 335 cm³/mol. The molecule has 8 aromatic rings. The number of aromatic nitrogens is 4. The van der Waals surface area contributed by atoms with Crippen molar-refractivity contribution in [1.82, 2.24) is 35.9 Å². The maximum atomic E-state index is 4.80. The van der Waals surface area contributed by atoms with Crippen molar-refractivity contribution in [3.05, 3.63) is 188 Å². The number of fused-ring (bicyclic) bond motifs is 4. The predicted octanol–water partition coefficient (Wildman–Crippen LogP) is 13.0. The van der Waals surface area contributed by atoms with Gasteiger partial charge in [-0.15, -0.1) is 0 Å². The number of amidine groups is 3. The van der Waals surface area contributed by atoms with Crippen LogP contribution in [0.2, 0.25) is 0 Å². The number of hydrogen-bond acceptors (Lipinski definition) is 13. The minimum absolute atomic E-state index is 0.142. The summed E-state index contributed by atoms with van der Waals surface area (Å²) in [6, 6.07) is 31.2. The Hall–Kier alpha value is -7.48. The molecule has 4 aliphatic carbocycles. The van der Waals surface area contributed by atoms with Crippen molar-refractivity contribution in [2.24, 2.45) is 20.0 Å². The summed E-state index contributed by atoms with van der Waals surface area (Å²) < 4.78 is 0. The Bertz CT molecular complexity index is 3560. The van der Waals surface area contributed by atoms with Crippen molar-refractivity contribution >= 4 is 46.4 Å². The van der Waals surface area contributed by atoms with E-state index in [-0.39, 0.29) is 22.2 Å². The van der Waals surface area contributed by atoms with Gasteiger partial charge in [-0.2, -0.15) is 22.7 Å². The summed E-state index contributed by atoms with van der Waals surface area (Å²) in [7, 11) is 0. The lowest BCUT2D eigenvalue weighted by Crippen LogP contribution is -2.49. The van der Waals surface area contributed by atoms with Gasteiger partial charge >= 0.3 is 0 Å². The second kappa shape index (κ2) is 22.5. The van der Waals surface area contributed by atoms with Crippen LogP contribution in [-0.2, 0) is 51.4 Å². The molecule has 410 valence electrons. The van der Waals surface area contributed by atoms with Gasteiger partial charge in [0.15, 0.2) is 0 Å². The van der Waals surface area contributed by atoms with Crippen molar-refractivity contribution in [1.29, 1.82) is 0 Å². The number of aliphatic imine (C=N–C) groups is 4. The van der Waals surface area contributed by atoms with Crippen molar-refractivity contribution in [2.75, 3.05) is 19.6 Å². The first-order valence-electron chi connectivity index (χ1n) is 29.0. The highest BCUT2D eigenvalue weighted by Crippen LogP contribution is 2.43. The highest BCUT2D eigenvalue weighted by Gasteiger charge is 2.41. The molecule has 4 atom stereocenters. The first-order chi connectivity index (χ1) is 39.6. The molecule has 81 heavy (non-hydrogen) atoms. The molecule has 16 rings (SSSR count). The second-order valence-corrected chi connectivity index (χ2v) is 25.3. The second-order valence-electron chi connectivity index (χ2n) is 23.8. The quantitative estimate of drug-likeness (QED) is 0.160. The molecule has 4 aromatic heterocycles. The molecule has 13 heteroatoms. The lowest BCUT2D eigenvalue weighted by molar-refractivity contribution is 0.362. The van der Waals surface area contributed by atoms with E-state index in [4.69, 9.17) is 4.99 Å². The Morgan fingerprint density at radius 2 is 0.778 bits per heavy atom. The van der Waals surface area contributed by atoms with Crippen LogP contribution in [0.4, 0.5) is 0 Å². The third-order valence-corrected chi connectivity index (χ3v) is 19.7. The summed E-state index contributed by atoms with van der Waals surface area (Å²) in [5, 5.41) is 19.6. The molecule has 4 spiro atoms. The maximum absolute atomic E-state index is 4.80. The fourth-order valence-corrected chi connectivity index (χ4v) is 15.6. The summed E-state index contributed by atoms with van der Waals surface area (Å²) in [5.74, 6) is 3.25. The molecule has 0 bridgehead atoms. The molecule has 0 unspecified atom stereocenters. The molecule has 0 amide bonds. The van der Waals surface area contributed by atoms with E-state index < -0.39 is 0 Å². The van der Waals surface area contributed by atoms with E-state index in [0.717, 1.165) is 106 Å². The zero-order chi connectivity index (χ0) is 54.9. The zero-order valence-electron chi connectivity index (χ0n) is 46.8. The van der Waals surface area contributed by atoms with Crippen molar-refractivity contribution < 1.29 is 0 Å². The van der Waals surface area contributed by atoms with Crippen LogP contribution in [0.1, 0.15) is 104 Å². The van der Waals surface area contributed by atoms with Crippen molar-refractivity contribution in [3.63, 3.8) is 0 Å². The fourth-order valence-electron chi connectivity index (χ4n) is 14.3. The number of benzene rings is 4. The molecule has 3 N–H and O–H groups in total. The van der Waals surface area contributed by atoms with Gasteiger partial charge in [-0.1, -0.05) is 72.8 Å². The van der Waals surface area contributed by atoms with Gasteiger partial charge in [-0.05, 0) is 228 Å². The Morgan fingerprint density at radius 1 is 0.407 bits per heavy atom. The van der Waals surface area contributed by atoms with Crippen LogP contribution in [0.5, 0.6) is 0 Å².